The Labute approximate surface area is 118 Å². The summed E-state index contributed by atoms with van der Waals surface area (Å²) in [5, 5.41) is 1.07. The highest BCUT2D eigenvalue weighted by atomic mass is 32.1. The highest BCUT2D eigenvalue weighted by Crippen LogP contribution is 2.41. The Kier molecular flexibility index (Phi) is 3.67. The lowest BCUT2D eigenvalue weighted by Gasteiger charge is -2.09. The molecule has 0 saturated heterocycles. The third-order valence-electron chi connectivity index (χ3n) is 3.93. The zero-order valence-corrected chi connectivity index (χ0v) is 12.2. The Hall–Kier alpha value is -1.19. The highest BCUT2D eigenvalue weighted by molar-refractivity contribution is 7.15. The van der Waals surface area contributed by atoms with Gasteiger partial charge in [0.15, 0.2) is 0 Å². The van der Waals surface area contributed by atoms with Crippen LogP contribution < -0.4 is 5.73 Å². The van der Waals surface area contributed by atoms with Gasteiger partial charge in [-0.25, -0.2) is 4.98 Å². The molecule has 0 spiro atoms. The fraction of sp³-hybridized carbons (Fsp3) is 0.438. The van der Waals surface area contributed by atoms with Crippen LogP contribution in [0, 0.1) is 6.92 Å². The molecule has 1 heterocycles. The number of benzene rings is 1. The van der Waals surface area contributed by atoms with Crippen LogP contribution in [0.5, 0.6) is 0 Å². The third kappa shape index (κ3) is 2.58. The van der Waals surface area contributed by atoms with Gasteiger partial charge >= 0.3 is 0 Å². The van der Waals surface area contributed by atoms with Gasteiger partial charge in [-0.1, -0.05) is 42.7 Å². The van der Waals surface area contributed by atoms with Crippen molar-refractivity contribution in [2.75, 3.05) is 0 Å². The first-order valence-corrected chi connectivity index (χ1v) is 7.86. The number of hydrogen-bond acceptors (Lipinski definition) is 3. The van der Waals surface area contributed by atoms with Crippen LogP contribution in [0.3, 0.4) is 0 Å². The van der Waals surface area contributed by atoms with E-state index >= 15 is 0 Å². The van der Waals surface area contributed by atoms with Crippen LogP contribution in [-0.4, -0.2) is 4.98 Å². The van der Waals surface area contributed by atoms with Gasteiger partial charge in [0.2, 0.25) is 0 Å². The van der Waals surface area contributed by atoms with Gasteiger partial charge in [-0.3, -0.25) is 0 Å². The van der Waals surface area contributed by atoms with Gasteiger partial charge in [-0.05, 0) is 25.3 Å². The zero-order valence-electron chi connectivity index (χ0n) is 11.4. The summed E-state index contributed by atoms with van der Waals surface area (Å²) in [4.78, 5) is 6.14. The van der Waals surface area contributed by atoms with Crippen molar-refractivity contribution in [2.45, 2.75) is 45.1 Å². The van der Waals surface area contributed by atoms with E-state index in [9.17, 15) is 0 Å². The summed E-state index contributed by atoms with van der Waals surface area (Å²) in [6.45, 7) is 2.68. The molecule has 19 heavy (non-hydrogen) atoms. The second-order valence-corrected chi connectivity index (χ2v) is 6.46. The zero-order chi connectivity index (χ0) is 13.2. The second kappa shape index (κ2) is 5.43. The van der Waals surface area contributed by atoms with Crippen molar-refractivity contribution in [1.82, 2.24) is 4.98 Å². The normalized spacial score (nSPS) is 16.1. The monoisotopic (exact) mass is 272 g/mol. The van der Waals surface area contributed by atoms with E-state index in [2.05, 4.69) is 31.2 Å². The summed E-state index contributed by atoms with van der Waals surface area (Å²) < 4.78 is 0. The number of nitrogens with two attached hydrogens (primary N) is 1. The molecule has 1 saturated carbocycles. The number of hydrogen-bond donors (Lipinski definition) is 1. The lowest BCUT2D eigenvalue weighted by Crippen LogP contribution is -1.98. The van der Waals surface area contributed by atoms with Gasteiger partial charge in [-0.15, -0.1) is 11.3 Å². The van der Waals surface area contributed by atoms with E-state index in [-0.39, 0.29) is 0 Å². The van der Waals surface area contributed by atoms with Crippen LogP contribution in [0.1, 0.15) is 47.9 Å². The predicted octanol–water partition coefficient (Wildman–Crippen LogP) is 4.23. The topological polar surface area (TPSA) is 38.9 Å². The SMILES string of the molecule is Cc1ccc(-c2sc(CN)nc2C2CCCC2)cc1. The number of thiazole rings is 1. The van der Waals surface area contributed by atoms with Crippen molar-refractivity contribution in [1.29, 1.82) is 0 Å². The molecular formula is C16H20N2S. The molecule has 1 aromatic carbocycles. The van der Waals surface area contributed by atoms with Crippen molar-refractivity contribution in [3.8, 4) is 10.4 Å². The van der Waals surface area contributed by atoms with E-state index in [1.165, 1.54) is 47.4 Å². The van der Waals surface area contributed by atoms with Crippen molar-refractivity contribution in [2.24, 2.45) is 5.73 Å². The molecule has 1 fully saturated rings. The quantitative estimate of drug-likeness (QED) is 0.908. The molecule has 3 heteroatoms. The first-order valence-electron chi connectivity index (χ1n) is 7.04. The number of rotatable bonds is 3. The van der Waals surface area contributed by atoms with Gasteiger partial charge in [0.25, 0.3) is 0 Å². The number of aromatic nitrogens is 1. The van der Waals surface area contributed by atoms with E-state index in [1.807, 2.05) is 0 Å². The Balaban J connectivity index is 2.03. The maximum Gasteiger partial charge on any atom is 0.107 e. The van der Waals surface area contributed by atoms with Crippen LogP contribution in [0.2, 0.25) is 0 Å². The van der Waals surface area contributed by atoms with Gasteiger partial charge in [0.1, 0.15) is 5.01 Å². The molecule has 0 unspecified atom stereocenters. The average molecular weight is 272 g/mol. The lowest BCUT2D eigenvalue weighted by molar-refractivity contribution is 0.700. The maximum absolute atomic E-state index is 5.78. The van der Waals surface area contributed by atoms with E-state index in [1.54, 1.807) is 11.3 Å². The third-order valence-corrected chi connectivity index (χ3v) is 5.07. The summed E-state index contributed by atoms with van der Waals surface area (Å²) in [7, 11) is 0. The minimum atomic E-state index is 0.552. The minimum absolute atomic E-state index is 0.552. The standard InChI is InChI=1S/C16H20N2S/c1-11-6-8-13(9-7-11)16-15(12-4-2-3-5-12)18-14(10-17)19-16/h6-9,12H,2-5,10,17H2,1H3. The van der Waals surface area contributed by atoms with Gasteiger partial charge in [0, 0.05) is 12.5 Å². The average Bonchev–Trinajstić information content (AvgIpc) is 3.08. The first-order chi connectivity index (χ1) is 9.28. The molecule has 1 aliphatic carbocycles. The van der Waals surface area contributed by atoms with E-state index < -0.39 is 0 Å². The molecule has 0 bridgehead atoms. The van der Waals surface area contributed by atoms with Crippen LogP contribution in [0.25, 0.3) is 10.4 Å². The largest absolute Gasteiger partial charge is 0.325 e. The molecule has 2 N–H and O–H groups in total. The van der Waals surface area contributed by atoms with Crippen molar-refractivity contribution < 1.29 is 0 Å². The molecule has 0 amide bonds. The predicted molar refractivity (Wildman–Crippen MR) is 81.4 cm³/mol. The van der Waals surface area contributed by atoms with Crippen molar-refractivity contribution in [3.63, 3.8) is 0 Å². The molecule has 1 aliphatic rings. The Morgan fingerprint density at radius 1 is 1.21 bits per heavy atom. The fourth-order valence-corrected chi connectivity index (χ4v) is 3.89. The molecule has 2 aromatic rings. The van der Waals surface area contributed by atoms with E-state index in [0.29, 0.717) is 12.5 Å². The Morgan fingerprint density at radius 3 is 2.53 bits per heavy atom. The molecule has 2 nitrogen and oxygen atoms in total. The van der Waals surface area contributed by atoms with Crippen LogP contribution in [0.4, 0.5) is 0 Å². The molecule has 0 radical (unpaired) electrons. The smallest absolute Gasteiger partial charge is 0.107 e. The van der Waals surface area contributed by atoms with Gasteiger partial charge in [-0.2, -0.15) is 0 Å². The molecule has 0 aliphatic heterocycles. The first kappa shape index (κ1) is 12.8. The van der Waals surface area contributed by atoms with Crippen LogP contribution in [0.15, 0.2) is 24.3 Å². The summed E-state index contributed by atoms with van der Waals surface area (Å²) in [5.74, 6) is 0.646. The second-order valence-electron chi connectivity index (χ2n) is 5.37. The molecule has 1 aromatic heterocycles. The van der Waals surface area contributed by atoms with Crippen LogP contribution >= 0.6 is 11.3 Å². The maximum atomic E-state index is 5.78. The number of nitrogens with zero attached hydrogens (tertiary/aromatic N) is 1. The molecule has 3 rings (SSSR count). The molecule has 0 atom stereocenters. The summed E-state index contributed by atoms with van der Waals surface area (Å²) >= 11 is 1.77. The van der Waals surface area contributed by atoms with E-state index in [4.69, 9.17) is 10.7 Å². The van der Waals surface area contributed by atoms with Crippen molar-refractivity contribution in [3.05, 3.63) is 40.5 Å². The van der Waals surface area contributed by atoms with Gasteiger partial charge in [0.05, 0.1) is 10.6 Å². The van der Waals surface area contributed by atoms with E-state index in [0.717, 1.165) is 5.01 Å². The fourth-order valence-electron chi connectivity index (χ4n) is 2.85. The van der Waals surface area contributed by atoms with Crippen molar-refractivity contribution >= 4 is 11.3 Å². The Morgan fingerprint density at radius 2 is 1.89 bits per heavy atom. The minimum Gasteiger partial charge on any atom is -0.325 e. The lowest BCUT2D eigenvalue weighted by atomic mass is 10.00. The summed E-state index contributed by atoms with van der Waals surface area (Å²) in [6, 6.07) is 8.77. The van der Waals surface area contributed by atoms with Gasteiger partial charge < -0.3 is 5.73 Å². The van der Waals surface area contributed by atoms with Crippen LogP contribution in [-0.2, 0) is 6.54 Å². The molecular weight excluding hydrogens is 252 g/mol. The Bertz CT molecular complexity index is 551. The highest BCUT2D eigenvalue weighted by Gasteiger charge is 2.24. The number of aryl methyl sites for hydroxylation is 1. The molecule has 100 valence electrons. The summed E-state index contributed by atoms with van der Waals surface area (Å²) in [5.41, 5.74) is 9.68. The summed E-state index contributed by atoms with van der Waals surface area (Å²) in [6.07, 6.45) is 5.25.